The molecule has 1 aliphatic carbocycles. The zero-order chi connectivity index (χ0) is 14.5. The van der Waals surface area contributed by atoms with Crippen LogP contribution < -0.4 is 10.6 Å². The number of aryl methyl sites for hydroxylation is 2. The van der Waals surface area contributed by atoms with Crippen LogP contribution in [-0.4, -0.2) is 30.8 Å². The van der Waals surface area contributed by atoms with Crippen LogP contribution in [0.25, 0.3) is 0 Å². The molecule has 1 fully saturated rings. The second-order valence-electron chi connectivity index (χ2n) is 5.72. The highest BCUT2D eigenvalue weighted by Crippen LogP contribution is 2.22. The molecular formula is C15H27IN4O. The number of guanidine groups is 1. The molecule has 0 bridgehead atoms. The molecule has 1 unspecified atom stereocenters. The van der Waals surface area contributed by atoms with Crippen LogP contribution in [0.15, 0.2) is 9.52 Å². The van der Waals surface area contributed by atoms with Crippen molar-refractivity contribution in [3.63, 3.8) is 0 Å². The van der Waals surface area contributed by atoms with Gasteiger partial charge in [0.25, 0.3) is 0 Å². The molecule has 120 valence electrons. The highest BCUT2D eigenvalue weighted by Gasteiger charge is 2.18. The Labute approximate surface area is 144 Å². The molecule has 5 nitrogen and oxygen atoms in total. The Morgan fingerprint density at radius 3 is 2.57 bits per heavy atom. The Morgan fingerprint density at radius 1 is 1.38 bits per heavy atom. The third-order valence-electron chi connectivity index (χ3n) is 4.08. The van der Waals surface area contributed by atoms with Gasteiger partial charge in [-0.3, -0.25) is 4.99 Å². The maximum Gasteiger partial charge on any atom is 0.191 e. The van der Waals surface area contributed by atoms with Crippen LogP contribution in [-0.2, 0) is 0 Å². The number of nitrogens with one attached hydrogen (secondary N) is 2. The molecule has 1 saturated carbocycles. The first-order chi connectivity index (χ1) is 9.61. The van der Waals surface area contributed by atoms with E-state index in [0.717, 1.165) is 24.0 Å². The van der Waals surface area contributed by atoms with Crippen molar-refractivity contribution in [3.8, 4) is 0 Å². The summed E-state index contributed by atoms with van der Waals surface area (Å²) in [5.41, 5.74) is 2.18. The minimum Gasteiger partial charge on any atom is -0.361 e. The van der Waals surface area contributed by atoms with Gasteiger partial charge in [0.05, 0.1) is 5.69 Å². The molecule has 2 rings (SSSR count). The number of rotatable bonds is 4. The van der Waals surface area contributed by atoms with Gasteiger partial charge in [0.15, 0.2) is 5.96 Å². The minimum absolute atomic E-state index is 0. The summed E-state index contributed by atoms with van der Waals surface area (Å²) in [4.78, 5) is 4.31. The van der Waals surface area contributed by atoms with Gasteiger partial charge in [-0.05, 0) is 26.7 Å². The van der Waals surface area contributed by atoms with Gasteiger partial charge in [-0.25, -0.2) is 0 Å². The summed E-state index contributed by atoms with van der Waals surface area (Å²) in [5.74, 6) is 2.16. The molecular weight excluding hydrogens is 379 g/mol. The Kier molecular flexibility index (Phi) is 7.48. The second kappa shape index (κ2) is 8.60. The van der Waals surface area contributed by atoms with Gasteiger partial charge in [0, 0.05) is 31.1 Å². The first-order valence-corrected chi connectivity index (χ1v) is 7.51. The molecule has 1 aromatic rings. The van der Waals surface area contributed by atoms with E-state index in [-0.39, 0.29) is 24.0 Å². The molecule has 0 aromatic carbocycles. The zero-order valence-corrected chi connectivity index (χ0v) is 15.7. The molecule has 6 heteroatoms. The lowest BCUT2D eigenvalue weighted by Gasteiger charge is -2.19. The lowest BCUT2D eigenvalue weighted by Crippen LogP contribution is -2.43. The number of halogens is 1. The molecule has 2 N–H and O–H groups in total. The summed E-state index contributed by atoms with van der Waals surface area (Å²) in [5, 5.41) is 10.9. The quantitative estimate of drug-likeness (QED) is 0.458. The average molecular weight is 406 g/mol. The number of hydrogen-bond donors (Lipinski definition) is 2. The Bertz CT molecular complexity index is 447. The smallest absolute Gasteiger partial charge is 0.191 e. The Balaban J connectivity index is 0.00000220. The fourth-order valence-electron chi connectivity index (χ4n) is 3.00. The van der Waals surface area contributed by atoms with Crippen LogP contribution in [0, 0.1) is 13.8 Å². The number of hydrogen-bond acceptors (Lipinski definition) is 3. The normalized spacial score (nSPS) is 17.4. The van der Waals surface area contributed by atoms with E-state index in [1.807, 2.05) is 20.9 Å². The molecule has 0 amide bonds. The van der Waals surface area contributed by atoms with E-state index in [0.29, 0.717) is 12.0 Å². The van der Waals surface area contributed by atoms with Crippen LogP contribution in [0.3, 0.4) is 0 Å². The van der Waals surface area contributed by atoms with Crippen molar-refractivity contribution in [2.75, 3.05) is 13.6 Å². The molecule has 1 aromatic heterocycles. The van der Waals surface area contributed by atoms with Gasteiger partial charge in [-0.1, -0.05) is 24.9 Å². The predicted molar refractivity (Wildman–Crippen MR) is 96.6 cm³/mol. The predicted octanol–water partition coefficient (Wildman–Crippen LogP) is 3.12. The molecule has 0 spiro atoms. The third-order valence-corrected chi connectivity index (χ3v) is 4.08. The van der Waals surface area contributed by atoms with Gasteiger partial charge in [-0.2, -0.15) is 0 Å². The van der Waals surface area contributed by atoms with Crippen molar-refractivity contribution in [2.24, 2.45) is 4.99 Å². The van der Waals surface area contributed by atoms with Crippen LogP contribution in [0.2, 0.25) is 0 Å². The standard InChI is InChI=1S/C15H26N4O.HI/c1-10(14-11(2)19-20-12(14)3)9-17-15(16-4)18-13-7-5-6-8-13;/h10,13H,5-9H2,1-4H3,(H2,16,17,18);1H. The zero-order valence-electron chi connectivity index (χ0n) is 13.4. The van der Waals surface area contributed by atoms with E-state index in [1.54, 1.807) is 0 Å². The topological polar surface area (TPSA) is 62.5 Å². The molecule has 1 atom stereocenters. The Hall–Kier alpha value is -0.790. The molecule has 21 heavy (non-hydrogen) atoms. The van der Waals surface area contributed by atoms with Crippen molar-refractivity contribution in [1.29, 1.82) is 0 Å². The fraction of sp³-hybridized carbons (Fsp3) is 0.733. The van der Waals surface area contributed by atoms with Crippen molar-refractivity contribution in [3.05, 3.63) is 17.0 Å². The van der Waals surface area contributed by atoms with Crippen LogP contribution in [0.1, 0.15) is 55.5 Å². The minimum atomic E-state index is 0. The SMILES string of the molecule is CN=C(NCC(C)c1c(C)noc1C)NC1CCCC1.I. The summed E-state index contributed by atoms with van der Waals surface area (Å²) < 4.78 is 5.23. The number of aromatic nitrogens is 1. The van der Waals surface area contributed by atoms with Crippen molar-refractivity contribution in [1.82, 2.24) is 15.8 Å². The first-order valence-electron chi connectivity index (χ1n) is 7.51. The molecule has 1 aliphatic rings. The van der Waals surface area contributed by atoms with Gasteiger partial charge >= 0.3 is 0 Å². The summed E-state index contributed by atoms with van der Waals surface area (Å²) in [6, 6.07) is 0.579. The number of nitrogens with zero attached hydrogens (tertiary/aromatic N) is 2. The lowest BCUT2D eigenvalue weighted by molar-refractivity contribution is 0.391. The first kappa shape index (κ1) is 18.3. The highest BCUT2D eigenvalue weighted by atomic mass is 127. The summed E-state index contributed by atoms with van der Waals surface area (Å²) in [6.07, 6.45) is 5.15. The van der Waals surface area contributed by atoms with Gasteiger partial charge < -0.3 is 15.2 Å². The second-order valence-corrected chi connectivity index (χ2v) is 5.72. The van der Waals surface area contributed by atoms with Gasteiger partial charge in [0.2, 0.25) is 0 Å². The van der Waals surface area contributed by atoms with Crippen LogP contribution in [0.5, 0.6) is 0 Å². The summed E-state index contributed by atoms with van der Waals surface area (Å²) >= 11 is 0. The molecule has 0 radical (unpaired) electrons. The summed E-state index contributed by atoms with van der Waals surface area (Å²) in [6.45, 7) is 6.98. The van der Waals surface area contributed by atoms with Crippen LogP contribution in [0.4, 0.5) is 0 Å². The lowest BCUT2D eigenvalue weighted by atomic mass is 10.00. The maximum atomic E-state index is 5.23. The largest absolute Gasteiger partial charge is 0.361 e. The van der Waals surface area contributed by atoms with Gasteiger partial charge in [-0.15, -0.1) is 24.0 Å². The highest BCUT2D eigenvalue weighted by molar-refractivity contribution is 14.0. The van der Waals surface area contributed by atoms with E-state index in [2.05, 4.69) is 27.7 Å². The number of aliphatic imine (C=N–C) groups is 1. The van der Waals surface area contributed by atoms with E-state index in [9.17, 15) is 0 Å². The van der Waals surface area contributed by atoms with E-state index >= 15 is 0 Å². The van der Waals surface area contributed by atoms with Crippen molar-refractivity contribution >= 4 is 29.9 Å². The van der Waals surface area contributed by atoms with Crippen molar-refractivity contribution in [2.45, 2.75) is 58.4 Å². The van der Waals surface area contributed by atoms with E-state index in [4.69, 9.17) is 4.52 Å². The third kappa shape index (κ3) is 4.86. The van der Waals surface area contributed by atoms with E-state index < -0.39 is 0 Å². The average Bonchev–Trinajstić information content (AvgIpc) is 3.04. The molecule has 1 heterocycles. The summed E-state index contributed by atoms with van der Waals surface area (Å²) in [7, 11) is 1.82. The van der Waals surface area contributed by atoms with E-state index in [1.165, 1.54) is 31.2 Å². The molecule has 0 aliphatic heterocycles. The fourth-order valence-corrected chi connectivity index (χ4v) is 3.00. The van der Waals surface area contributed by atoms with Crippen molar-refractivity contribution < 1.29 is 4.52 Å². The Morgan fingerprint density at radius 2 is 2.05 bits per heavy atom. The molecule has 0 saturated heterocycles. The maximum absolute atomic E-state index is 5.23. The monoisotopic (exact) mass is 406 g/mol. The van der Waals surface area contributed by atoms with Gasteiger partial charge in [0.1, 0.15) is 5.76 Å². The van der Waals surface area contributed by atoms with Crippen LogP contribution >= 0.6 is 24.0 Å².